The average Bonchev–Trinajstić information content (AvgIpc) is 2.88. The molecule has 0 atom stereocenters. The van der Waals surface area contributed by atoms with Crippen LogP contribution in [0, 0.1) is 6.92 Å². The molecule has 2 aliphatic rings. The van der Waals surface area contributed by atoms with Crippen LogP contribution in [-0.2, 0) is 11.8 Å². The first-order valence-electron chi connectivity index (χ1n) is 6.45. The normalized spacial score (nSPS) is 23.5. The quantitative estimate of drug-likeness (QED) is 0.736. The standard InChI is InChI=1S/C12H20N4O/c1-10-13-11(15(2)14-10)16-7-5-12(6-8-16)4-3-9-17-12/h3-9H2,1-2H3. The predicted octanol–water partition coefficient (Wildman–Crippen LogP) is 1.27. The van der Waals surface area contributed by atoms with Crippen LogP contribution in [0.2, 0.25) is 0 Å². The van der Waals surface area contributed by atoms with Crippen LogP contribution in [0.4, 0.5) is 5.95 Å². The Labute approximate surface area is 102 Å². The van der Waals surface area contributed by atoms with Gasteiger partial charge in [0, 0.05) is 26.7 Å². The van der Waals surface area contributed by atoms with Crippen molar-refractivity contribution < 1.29 is 4.74 Å². The lowest BCUT2D eigenvalue weighted by molar-refractivity contribution is -0.0148. The van der Waals surface area contributed by atoms with E-state index in [1.54, 1.807) is 0 Å². The minimum atomic E-state index is 0.185. The molecular weight excluding hydrogens is 216 g/mol. The van der Waals surface area contributed by atoms with Crippen LogP contribution in [0.3, 0.4) is 0 Å². The lowest BCUT2D eigenvalue weighted by Gasteiger charge is -2.38. The van der Waals surface area contributed by atoms with Gasteiger partial charge in [-0.15, -0.1) is 0 Å². The van der Waals surface area contributed by atoms with Gasteiger partial charge in [0.25, 0.3) is 0 Å². The number of rotatable bonds is 1. The van der Waals surface area contributed by atoms with Gasteiger partial charge in [-0.05, 0) is 32.6 Å². The predicted molar refractivity (Wildman–Crippen MR) is 65.1 cm³/mol. The molecule has 2 saturated heterocycles. The number of ether oxygens (including phenoxy) is 1. The Morgan fingerprint density at radius 2 is 2.00 bits per heavy atom. The molecule has 0 bridgehead atoms. The summed E-state index contributed by atoms with van der Waals surface area (Å²) >= 11 is 0. The van der Waals surface area contributed by atoms with Crippen LogP contribution in [0.1, 0.15) is 31.5 Å². The molecule has 94 valence electrons. The van der Waals surface area contributed by atoms with Crippen molar-refractivity contribution in [3.63, 3.8) is 0 Å². The number of hydrogen-bond acceptors (Lipinski definition) is 4. The van der Waals surface area contributed by atoms with E-state index in [0.717, 1.165) is 44.3 Å². The van der Waals surface area contributed by atoms with Crippen LogP contribution < -0.4 is 4.90 Å². The minimum absolute atomic E-state index is 0.185. The molecule has 5 nitrogen and oxygen atoms in total. The van der Waals surface area contributed by atoms with Crippen molar-refractivity contribution in [1.29, 1.82) is 0 Å². The molecule has 2 aliphatic heterocycles. The number of aryl methyl sites for hydroxylation is 2. The monoisotopic (exact) mass is 236 g/mol. The Morgan fingerprint density at radius 1 is 1.24 bits per heavy atom. The van der Waals surface area contributed by atoms with Crippen molar-refractivity contribution in [2.75, 3.05) is 24.6 Å². The number of aromatic nitrogens is 3. The van der Waals surface area contributed by atoms with Crippen LogP contribution >= 0.6 is 0 Å². The van der Waals surface area contributed by atoms with Gasteiger partial charge < -0.3 is 9.64 Å². The van der Waals surface area contributed by atoms with Gasteiger partial charge in [0.05, 0.1) is 5.60 Å². The first-order valence-corrected chi connectivity index (χ1v) is 6.45. The van der Waals surface area contributed by atoms with Crippen molar-refractivity contribution in [3.05, 3.63) is 5.82 Å². The number of anilines is 1. The lowest BCUT2D eigenvalue weighted by Crippen LogP contribution is -2.44. The highest BCUT2D eigenvalue weighted by atomic mass is 16.5. The lowest BCUT2D eigenvalue weighted by atomic mass is 9.89. The molecule has 3 heterocycles. The SMILES string of the molecule is Cc1nc(N2CCC3(CCCO3)CC2)n(C)n1. The molecular formula is C12H20N4O. The summed E-state index contributed by atoms with van der Waals surface area (Å²) in [6, 6.07) is 0. The maximum atomic E-state index is 5.93. The second-order valence-electron chi connectivity index (χ2n) is 5.20. The molecule has 0 aliphatic carbocycles. The van der Waals surface area contributed by atoms with Gasteiger partial charge in [0.2, 0.25) is 5.95 Å². The molecule has 0 saturated carbocycles. The fraction of sp³-hybridized carbons (Fsp3) is 0.833. The summed E-state index contributed by atoms with van der Waals surface area (Å²) < 4.78 is 7.81. The second kappa shape index (κ2) is 3.98. The molecule has 5 heteroatoms. The Hall–Kier alpha value is -1.10. The number of piperidine rings is 1. The summed E-state index contributed by atoms with van der Waals surface area (Å²) in [6.45, 7) is 4.95. The molecule has 2 fully saturated rings. The van der Waals surface area contributed by atoms with Crippen LogP contribution in [0.15, 0.2) is 0 Å². The first kappa shape index (κ1) is 11.0. The van der Waals surface area contributed by atoms with Crippen molar-refractivity contribution >= 4 is 5.95 Å². The molecule has 0 aromatic carbocycles. The highest BCUT2D eigenvalue weighted by Crippen LogP contribution is 2.36. The van der Waals surface area contributed by atoms with Crippen molar-refractivity contribution in [2.24, 2.45) is 7.05 Å². The summed E-state index contributed by atoms with van der Waals surface area (Å²) in [5, 5.41) is 4.31. The van der Waals surface area contributed by atoms with E-state index in [1.165, 1.54) is 12.8 Å². The molecule has 1 aromatic heterocycles. The molecule has 1 aromatic rings. The molecule has 1 spiro atoms. The van der Waals surface area contributed by atoms with E-state index in [4.69, 9.17) is 4.74 Å². The van der Waals surface area contributed by atoms with E-state index >= 15 is 0 Å². The Balaban J connectivity index is 1.70. The topological polar surface area (TPSA) is 43.2 Å². The van der Waals surface area contributed by atoms with E-state index in [9.17, 15) is 0 Å². The zero-order chi connectivity index (χ0) is 11.9. The van der Waals surface area contributed by atoms with Crippen LogP contribution in [0.25, 0.3) is 0 Å². The number of nitrogens with zero attached hydrogens (tertiary/aromatic N) is 4. The Bertz CT molecular complexity index is 399. The molecule has 0 N–H and O–H groups in total. The van der Waals surface area contributed by atoms with Gasteiger partial charge in [-0.2, -0.15) is 10.1 Å². The van der Waals surface area contributed by atoms with Crippen molar-refractivity contribution in [3.8, 4) is 0 Å². The Morgan fingerprint density at radius 3 is 2.53 bits per heavy atom. The van der Waals surface area contributed by atoms with E-state index in [1.807, 2.05) is 18.7 Å². The maximum Gasteiger partial charge on any atom is 0.223 e. The smallest absolute Gasteiger partial charge is 0.223 e. The first-order chi connectivity index (χ1) is 8.19. The zero-order valence-corrected chi connectivity index (χ0v) is 10.6. The highest BCUT2D eigenvalue weighted by Gasteiger charge is 2.39. The van der Waals surface area contributed by atoms with Crippen LogP contribution in [-0.4, -0.2) is 40.1 Å². The summed E-state index contributed by atoms with van der Waals surface area (Å²) in [5.74, 6) is 1.84. The molecule has 0 radical (unpaired) electrons. The highest BCUT2D eigenvalue weighted by molar-refractivity contribution is 5.31. The molecule has 17 heavy (non-hydrogen) atoms. The molecule has 3 rings (SSSR count). The average molecular weight is 236 g/mol. The van der Waals surface area contributed by atoms with Gasteiger partial charge in [0.15, 0.2) is 0 Å². The third kappa shape index (κ3) is 1.92. The molecule has 0 unspecified atom stereocenters. The van der Waals surface area contributed by atoms with Crippen molar-refractivity contribution in [1.82, 2.24) is 14.8 Å². The second-order valence-corrected chi connectivity index (χ2v) is 5.20. The van der Waals surface area contributed by atoms with E-state index in [0.29, 0.717) is 0 Å². The third-order valence-electron chi connectivity index (χ3n) is 3.99. The Kier molecular flexibility index (Phi) is 2.58. The van der Waals surface area contributed by atoms with E-state index in [2.05, 4.69) is 15.0 Å². The minimum Gasteiger partial charge on any atom is -0.375 e. The number of hydrogen-bond donors (Lipinski definition) is 0. The molecule has 0 amide bonds. The maximum absolute atomic E-state index is 5.93. The van der Waals surface area contributed by atoms with Gasteiger partial charge in [-0.25, -0.2) is 4.68 Å². The zero-order valence-electron chi connectivity index (χ0n) is 10.6. The van der Waals surface area contributed by atoms with Crippen LogP contribution in [0.5, 0.6) is 0 Å². The summed E-state index contributed by atoms with van der Waals surface area (Å²) in [4.78, 5) is 6.81. The summed E-state index contributed by atoms with van der Waals surface area (Å²) in [5.41, 5.74) is 0.185. The fourth-order valence-corrected chi connectivity index (χ4v) is 3.04. The van der Waals surface area contributed by atoms with E-state index in [-0.39, 0.29) is 5.60 Å². The summed E-state index contributed by atoms with van der Waals surface area (Å²) in [7, 11) is 1.96. The van der Waals surface area contributed by atoms with Gasteiger partial charge in [0.1, 0.15) is 5.82 Å². The van der Waals surface area contributed by atoms with Gasteiger partial charge in [-0.1, -0.05) is 0 Å². The van der Waals surface area contributed by atoms with E-state index < -0.39 is 0 Å². The van der Waals surface area contributed by atoms with Crippen molar-refractivity contribution in [2.45, 2.75) is 38.2 Å². The fourth-order valence-electron chi connectivity index (χ4n) is 3.04. The van der Waals surface area contributed by atoms with Gasteiger partial charge in [-0.3, -0.25) is 0 Å². The third-order valence-corrected chi connectivity index (χ3v) is 3.99. The summed E-state index contributed by atoms with van der Waals surface area (Å²) in [6.07, 6.45) is 4.71. The van der Waals surface area contributed by atoms with Gasteiger partial charge >= 0.3 is 0 Å². The largest absolute Gasteiger partial charge is 0.375 e.